The first-order valence-corrected chi connectivity index (χ1v) is 7.67. The van der Waals surface area contributed by atoms with E-state index >= 15 is 0 Å². The van der Waals surface area contributed by atoms with Crippen molar-refractivity contribution in [3.63, 3.8) is 0 Å². The van der Waals surface area contributed by atoms with Crippen molar-refractivity contribution in [3.8, 4) is 5.69 Å². The number of nitrogens with one attached hydrogen (secondary N) is 1. The number of hydrogen-bond acceptors (Lipinski definition) is 3. The molecule has 0 saturated heterocycles. The standard InChI is InChI=1S/C17H21N3O2/c1-11-9-12(2)20(19-11)14-6-3-5-13(10-14)18-17(22)15-7-4-8-16(15)21/h3,5-6,9-10,15-16,21H,4,7-8H2,1-2H3,(H,18,22). The second-order valence-corrected chi connectivity index (χ2v) is 5.98. The Balaban J connectivity index is 1.79. The van der Waals surface area contributed by atoms with E-state index in [2.05, 4.69) is 10.4 Å². The molecule has 5 heteroatoms. The molecule has 1 aliphatic carbocycles. The zero-order chi connectivity index (χ0) is 15.7. The SMILES string of the molecule is Cc1cc(C)n(-c2cccc(NC(=O)C3CCCC3O)c2)n1. The Labute approximate surface area is 130 Å². The van der Waals surface area contributed by atoms with Gasteiger partial charge in [0.05, 0.1) is 23.4 Å². The minimum absolute atomic E-state index is 0.101. The number of amides is 1. The van der Waals surface area contributed by atoms with Crippen molar-refractivity contribution < 1.29 is 9.90 Å². The van der Waals surface area contributed by atoms with E-state index in [0.29, 0.717) is 6.42 Å². The Morgan fingerprint density at radius 2 is 2.14 bits per heavy atom. The number of nitrogens with zero attached hydrogens (tertiary/aromatic N) is 2. The molecule has 0 spiro atoms. The summed E-state index contributed by atoms with van der Waals surface area (Å²) in [5.74, 6) is -0.396. The van der Waals surface area contributed by atoms with E-state index in [4.69, 9.17) is 0 Å². The molecule has 0 bridgehead atoms. The fraction of sp³-hybridized carbons (Fsp3) is 0.412. The maximum Gasteiger partial charge on any atom is 0.230 e. The molecule has 1 saturated carbocycles. The fourth-order valence-electron chi connectivity index (χ4n) is 3.09. The van der Waals surface area contributed by atoms with Crippen molar-refractivity contribution in [2.24, 2.45) is 5.92 Å². The van der Waals surface area contributed by atoms with Crippen molar-refractivity contribution in [1.82, 2.24) is 9.78 Å². The molecule has 2 aromatic rings. The van der Waals surface area contributed by atoms with Crippen LogP contribution in [0.3, 0.4) is 0 Å². The van der Waals surface area contributed by atoms with Gasteiger partial charge in [0.1, 0.15) is 0 Å². The van der Waals surface area contributed by atoms with Crippen molar-refractivity contribution in [1.29, 1.82) is 0 Å². The van der Waals surface area contributed by atoms with Gasteiger partial charge in [-0.25, -0.2) is 4.68 Å². The molecule has 1 aromatic heterocycles. The molecule has 0 aliphatic heterocycles. The number of anilines is 1. The van der Waals surface area contributed by atoms with Crippen LogP contribution in [0.1, 0.15) is 30.7 Å². The van der Waals surface area contributed by atoms with Crippen LogP contribution in [-0.4, -0.2) is 26.9 Å². The average Bonchev–Trinajstić information content (AvgIpc) is 3.04. The number of aryl methyl sites for hydroxylation is 2. The van der Waals surface area contributed by atoms with Gasteiger partial charge >= 0.3 is 0 Å². The molecule has 1 heterocycles. The molecule has 3 rings (SSSR count). The lowest BCUT2D eigenvalue weighted by Crippen LogP contribution is -2.28. The van der Waals surface area contributed by atoms with E-state index in [1.165, 1.54) is 0 Å². The molecule has 2 atom stereocenters. The Morgan fingerprint density at radius 1 is 1.32 bits per heavy atom. The largest absolute Gasteiger partial charge is 0.392 e. The van der Waals surface area contributed by atoms with E-state index in [1.54, 1.807) is 0 Å². The monoisotopic (exact) mass is 299 g/mol. The maximum atomic E-state index is 12.3. The Hall–Kier alpha value is -2.14. The lowest BCUT2D eigenvalue weighted by atomic mass is 10.1. The van der Waals surface area contributed by atoms with Crippen molar-refractivity contribution >= 4 is 11.6 Å². The fourth-order valence-corrected chi connectivity index (χ4v) is 3.09. The summed E-state index contributed by atoms with van der Waals surface area (Å²) in [6.45, 7) is 3.96. The van der Waals surface area contributed by atoms with Gasteiger partial charge in [-0.2, -0.15) is 5.10 Å². The molecule has 116 valence electrons. The summed E-state index contributed by atoms with van der Waals surface area (Å²) in [4.78, 5) is 12.3. The van der Waals surface area contributed by atoms with Gasteiger partial charge in [-0.1, -0.05) is 6.07 Å². The molecule has 22 heavy (non-hydrogen) atoms. The summed E-state index contributed by atoms with van der Waals surface area (Å²) in [7, 11) is 0. The van der Waals surface area contributed by atoms with Gasteiger partial charge in [0, 0.05) is 11.4 Å². The summed E-state index contributed by atoms with van der Waals surface area (Å²) >= 11 is 0. The van der Waals surface area contributed by atoms with Gasteiger partial charge in [0.15, 0.2) is 0 Å². The quantitative estimate of drug-likeness (QED) is 0.915. The number of hydrogen-bond donors (Lipinski definition) is 2. The Morgan fingerprint density at radius 3 is 2.77 bits per heavy atom. The number of aliphatic hydroxyl groups is 1. The number of benzene rings is 1. The highest BCUT2D eigenvalue weighted by atomic mass is 16.3. The molecule has 2 N–H and O–H groups in total. The highest BCUT2D eigenvalue weighted by Gasteiger charge is 2.31. The number of rotatable bonds is 3. The van der Waals surface area contributed by atoms with Crippen LogP contribution in [0.15, 0.2) is 30.3 Å². The summed E-state index contributed by atoms with van der Waals surface area (Å²) in [6, 6.07) is 9.62. The zero-order valence-corrected chi connectivity index (χ0v) is 12.9. The van der Waals surface area contributed by atoms with Crippen molar-refractivity contribution in [3.05, 3.63) is 41.7 Å². The minimum atomic E-state index is -0.515. The van der Waals surface area contributed by atoms with E-state index in [1.807, 2.05) is 48.9 Å². The number of aliphatic hydroxyl groups excluding tert-OH is 1. The number of aromatic nitrogens is 2. The second-order valence-electron chi connectivity index (χ2n) is 5.98. The first-order chi connectivity index (χ1) is 10.5. The van der Waals surface area contributed by atoms with E-state index < -0.39 is 6.10 Å². The van der Waals surface area contributed by atoms with Crippen molar-refractivity contribution in [2.75, 3.05) is 5.32 Å². The predicted molar refractivity (Wildman–Crippen MR) is 85.0 cm³/mol. The first kappa shape index (κ1) is 14.8. The van der Waals surface area contributed by atoms with Gasteiger partial charge < -0.3 is 10.4 Å². The molecule has 1 aromatic carbocycles. The average molecular weight is 299 g/mol. The molecular weight excluding hydrogens is 278 g/mol. The van der Waals surface area contributed by atoms with E-state index in [9.17, 15) is 9.90 Å². The third-order valence-corrected chi connectivity index (χ3v) is 4.18. The third kappa shape index (κ3) is 2.90. The van der Waals surface area contributed by atoms with Crippen LogP contribution < -0.4 is 5.32 Å². The molecule has 1 aliphatic rings. The van der Waals surface area contributed by atoms with Gasteiger partial charge in [-0.15, -0.1) is 0 Å². The second kappa shape index (κ2) is 5.93. The van der Waals surface area contributed by atoms with Crippen LogP contribution in [0.4, 0.5) is 5.69 Å². The number of carbonyl (C=O) groups is 1. The minimum Gasteiger partial charge on any atom is -0.392 e. The maximum absolute atomic E-state index is 12.3. The third-order valence-electron chi connectivity index (χ3n) is 4.18. The van der Waals surface area contributed by atoms with E-state index in [-0.39, 0.29) is 11.8 Å². The first-order valence-electron chi connectivity index (χ1n) is 7.67. The Kier molecular flexibility index (Phi) is 3.98. The van der Waals surface area contributed by atoms with Crippen LogP contribution in [0.2, 0.25) is 0 Å². The van der Waals surface area contributed by atoms with Crippen molar-refractivity contribution in [2.45, 2.75) is 39.2 Å². The summed E-state index contributed by atoms with van der Waals surface area (Å²) < 4.78 is 1.86. The van der Waals surface area contributed by atoms with Gasteiger partial charge in [0.25, 0.3) is 0 Å². The van der Waals surface area contributed by atoms with E-state index in [0.717, 1.165) is 35.6 Å². The van der Waals surface area contributed by atoms with Gasteiger partial charge in [-0.3, -0.25) is 4.79 Å². The lowest BCUT2D eigenvalue weighted by molar-refractivity contribution is -0.122. The lowest BCUT2D eigenvalue weighted by Gasteiger charge is -2.15. The molecule has 5 nitrogen and oxygen atoms in total. The smallest absolute Gasteiger partial charge is 0.230 e. The molecule has 0 radical (unpaired) electrons. The van der Waals surface area contributed by atoms with Crippen LogP contribution in [0.5, 0.6) is 0 Å². The van der Waals surface area contributed by atoms with Gasteiger partial charge in [-0.05, 0) is 57.4 Å². The highest BCUT2D eigenvalue weighted by Crippen LogP contribution is 2.27. The number of carbonyl (C=O) groups excluding carboxylic acids is 1. The van der Waals surface area contributed by atoms with Crippen LogP contribution >= 0.6 is 0 Å². The van der Waals surface area contributed by atoms with Crippen LogP contribution in [-0.2, 0) is 4.79 Å². The molecular formula is C17H21N3O2. The van der Waals surface area contributed by atoms with Crippen LogP contribution in [0, 0.1) is 19.8 Å². The topological polar surface area (TPSA) is 67.2 Å². The molecule has 2 unspecified atom stereocenters. The van der Waals surface area contributed by atoms with Gasteiger partial charge in [0.2, 0.25) is 5.91 Å². The normalized spacial score (nSPS) is 21.0. The summed E-state index contributed by atoms with van der Waals surface area (Å²) in [6.07, 6.45) is 1.86. The molecule has 1 fully saturated rings. The molecule has 1 amide bonds. The highest BCUT2D eigenvalue weighted by molar-refractivity contribution is 5.93. The van der Waals surface area contributed by atoms with Crippen LogP contribution in [0.25, 0.3) is 5.69 Å². The summed E-state index contributed by atoms with van der Waals surface area (Å²) in [5.41, 5.74) is 3.65. The summed E-state index contributed by atoms with van der Waals surface area (Å²) in [5, 5.41) is 17.2. The zero-order valence-electron chi connectivity index (χ0n) is 12.9. The predicted octanol–water partition coefficient (Wildman–Crippen LogP) is 2.59. The Bertz CT molecular complexity index is 693.